The second-order valence-corrected chi connectivity index (χ2v) is 6.34. The van der Waals surface area contributed by atoms with Crippen LogP contribution >= 0.6 is 34.8 Å². The lowest BCUT2D eigenvalue weighted by Gasteiger charge is -2.01. The van der Waals surface area contributed by atoms with Crippen molar-refractivity contribution in [1.82, 2.24) is 9.97 Å². The molecule has 0 saturated carbocycles. The lowest BCUT2D eigenvalue weighted by atomic mass is 10.1. The van der Waals surface area contributed by atoms with E-state index < -0.39 is 0 Å². The molecular formula is C17H13Cl3N2. The number of nitrogens with zero attached hydrogens (tertiary/aromatic N) is 1. The van der Waals surface area contributed by atoms with Gasteiger partial charge in [0.2, 0.25) is 0 Å². The van der Waals surface area contributed by atoms with E-state index in [2.05, 4.69) is 9.97 Å². The quantitative estimate of drug-likeness (QED) is 0.622. The number of hydrogen-bond acceptors (Lipinski definition) is 1. The lowest BCUT2D eigenvalue weighted by molar-refractivity contribution is 1.02. The summed E-state index contributed by atoms with van der Waals surface area (Å²) < 4.78 is 0. The number of H-pyrrole nitrogens is 1. The molecule has 22 heavy (non-hydrogen) atoms. The Bertz CT molecular complexity index is 807. The van der Waals surface area contributed by atoms with Gasteiger partial charge >= 0.3 is 0 Å². The zero-order valence-corrected chi connectivity index (χ0v) is 14.1. The van der Waals surface area contributed by atoms with Gasteiger partial charge < -0.3 is 4.98 Å². The van der Waals surface area contributed by atoms with Gasteiger partial charge in [-0.25, -0.2) is 4.98 Å². The molecule has 0 bridgehead atoms. The Morgan fingerprint density at radius 2 is 1.68 bits per heavy atom. The van der Waals surface area contributed by atoms with Crippen molar-refractivity contribution in [1.29, 1.82) is 0 Å². The highest BCUT2D eigenvalue weighted by Gasteiger charge is 2.10. The standard InChI is InChI=1S/C17H13Cl3N2/c1-10-17(12-3-5-13(18)6-4-12)22-16(21-10)9-11-2-7-14(19)15(20)8-11/h2-8H,9H2,1H3,(H,21,22). The first-order chi connectivity index (χ1) is 10.5. The van der Waals surface area contributed by atoms with E-state index in [9.17, 15) is 0 Å². The molecule has 1 N–H and O–H groups in total. The fourth-order valence-electron chi connectivity index (χ4n) is 2.34. The molecule has 0 fully saturated rings. The van der Waals surface area contributed by atoms with E-state index in [0.29, 0.717) is 21.5 Å². The number of aryl methyl sites for hydroxylation is 1. The number of nitrogens with one attached hydrogen (secondary N) is 1. The van der Waals surface area contributed by atoms with Crippen LogP contribution in [0.1, 0.15) is 17.1 Å². The summed E-state index contributed by atoms with van der Waals surface area (Å²) in [6.45, 7) is 2.01. The van der Waals surface area contributed by atoms with E-state index in [4.69, 9.17) is 34.8 Å². The molecule has 2 nitrogen and oxygen atoms in total. The Kier molecular flexibility index (Phi) is 4.44. The van der Waals surface area contributed by atoms with Gasteiger partial charge in [-0.05, 0) is 36.8 Å². The Hall–Kier alpha value is -1.48. The molecule has 0 aliphatic heterocycles. The highest BCUT2D eigenvalue weighted by molar-refractivity contribution is 6.42. The van der Waals surface area contributed by atoms with Gasteiger partial charge in [-0.1, -0.05) is 53.0 Å². The minimum Gasteiger partial charge on any atom is -0.345 e. The number of halogens is 3. The number of hydrogen-bond donors (Lipinski definition) is 1. The van der Waals surface area contributed by atoms with Gasteiger partial charge in [0, 0.05) is 22.7 Å². The Labute approximate surface area is 144 Å². The van der Waals surface area contributed by atoms with Crippen LogP contribution in [-0.4, -0.2) is 9.97 Å². The third kappa shape index (κ3) is 3.30. The largest absolute Gasteiger partial charge is 0.345 e. The number of rotatable bonds is 3. The van der Waals surface area contributed by atoms with Crippen LogP contribution in [-0.2, 0) is 6.42 Å². The molecular weight excluding hydrogens is 339 g/mol. The van der Waals surface area contributed by atoms with E-state index in [1.54, 1.807) is 6.07 Å². The summed E-state index contributed by atoms with van der Waals surface area (Å²) in [6, 6.07) is 13.3. The summed E-state index contributed by atoms with van der Waals surface area (Å²) in [7, 11) is 0. The molecule has 2 aromatic carbocycles. The van der Waals surface area contributed by atoms with Crippen molar-refractivity contribution in [3.63, 3.8) is 0 Å². The molecule has 1 aromatic heterocycles. The normalized spacial score (nSPS) is 10.9. The lowest BCUT2D eigenvalue weighted by Crippen LogP contribution is -1.91. The van der Waals surface area contributed by atoms with Crippen molar-refractivity contribution in [2.75, 3.05) is 0 Å². The SMILES string of the molecule is Cc1[nH]c(Cc2ccc(Cl)c(Cl)c2)nc1-c1ccc(Cl)cc1. The fraction of sp³-hybridized carbons (Fsp3) is 0.118. The predicted octanol–water partition coefficient (Wildman–Crippen LogP) is 5.94. The highest BCUT2D eigenvalue weighted by atomic mass is 35.5. The van der Waals surface area contributed by atoms with Crippen LogP contribution in [0, 0.1) is 6.92 Å². The summed E-state index contributed by atoms with van der Waals surface area (Å²) in [4.78, 5) is 8.00. The van der Waals surface area contributed by atoms with Crippen LogP contribution in [0.2, 0.25) is 15.1 Å². The second kappa shape index (κ2) is 6.33. The summed E-state index contributed by atoms with van der Waals surface area (Å²) in [5.74, 6) is 0.890. The summed E-state index contributed by atoms with van der Waals surface area (Å²) >= 11 is 17.9. The predicted molar refractivity (Wildman–Crippen MR) is 93.0 cm³/mol. The Balaban J connectivity index is 1.88. The summed E-state index contributed by atoms with van der Waals surface area (Å²) in [5, 5.41) is 1.83. The number of imidazole rings is 1. The van der Waals surface area contributed by atoms with Gasteiger partial charge in [0.1, 0.15) is 5.82 Å². The zero-order valence-electron chi connectivity index (χ0n) is 11.8. The van der Waals surface area contributed by atoms with Crippen molar-refractivity contribution < 1.29 is 0 Å². The molecule has 112 valence electrons. The van der Waals surface area contributed by atoms with Crippen LogP contribution in [0.5, 0.6) is 0 Å². The maximum Gasteiger partial charge on any atom is 0.111 e. The van der Waals surface area contributed by atoms with Gasteiger partial charge in [-0.3, -0.25) is 0 Å². The average molecular weight is 352 g/mol. The topological polar surface area (TPSA) is 28.7 Å². The number of aromatic amines is 1. The van der Waals surface area contributed by atoms with E-state index in [1.807, 2.05) is 43.3 Å². The summed E-state index contributed by atoms with van der Waals surface area (Å²) in [5.41, 5.74) is 4.06. The van der Waals surface area contributed by atoms with Crippen molar-refractivity contribution in [3.05, 3.63) is 74.6 Å². The first-order valence-corrected chi connectivity index (χ1v) is 7.91. The van der Waals surface area contributed by atoms with Crippen molar-refractivity contribution >= 4 is 34.8 Å². The van der Waals surface area contributed by atoms with Crippen LogP contribution in [0.15, 0.2) is 42.5 Å². The van der Waals surface area contributed by atoms with Crippen LogP contribution in [0.4, 0.5) is 0 Å². The average Bonchev–Trinajstić information content (AvgIpc) is 2.84. The van der Waals surface area contributed by atoms with Gasteiger partial charge in [0.25, 0.3) is 0 Å². The van der Waals surface area contributed by atoms with E-state index in [-0.39, 0.29) is 0 Å². The molecule has 0 radical (unpaired) electrons. The van der Waals surface area contributed by atoms with Gasteiger partial charge in [-0.2, -0.15) is 0 Å². The maximum atomic E-state index is 6.05. The molecule has 5 heteroatoms. The maximum absolute atomic E-state index is 6.05. The third-order valence-electron chi connectivity index (χ3n) is 3.41. The minimum atomic E-state index is 0.556. The van der Waals surface area contributed by atoms with Crippen molar-refractivity contribution in [2.45, 2.75) is 13.3 Å². The minimum absolute atomic E-state index is 0.556. The molecule has 0 amide bonds. The fourth-order valence-corrected chi connectivity index (χ4v) is 2.78. The third-order valence-corrected chi connectivity index (χ3v) is 4.40. The molecule has 0 saturated heterocycles. The van der Waals surface area contributed by atoms with Gasteiger partial charge in [0.05, 0.1) is 15.7 Å². The van der Waals surface area contributed by atoms with E-state index >= 15 is 0 Å². The van der Waals surface area contributed by atoms with Crippen LogP contribution in [0.25, 0.3) is 11.3 Å². The first kappa shape index (κ1) is 15.4. The van der Waals surface area contributed by atoms with E-state index in [0.717, 1.165) is 28.3 Å². The molecule has 3 rings (SSSR count). The summed E-state index contributed by atoms with van der Waals surface area (Å²) in [6.07, 6.45) is 0.672. The molecule has 0 atom stereocenters. The Morgan fingerprint density at radius 1 is 0.955 bits per heavy atom. The molecule has 0 spiro atoms. The smallest absolute Gasteiger partial charge is 0.111 e. The number of benzene rings is 2. The molecule has 0 aliphatic rings. The Morgan fingerprint density at radius 3 is 2.36 bits per heavy atom. The van der Waals surface area contributed by atoms with Crippen LogP contribution in [0.3, 0.4) is 0 Å². The number of aromatic nitrogens is 2. The molecule has 0 aliphatic carbocycles. The monoisotopic (exact) mass is 350 g/mol. The second-order valence-electron chi connectivity index (χ2n) is 5.09. The van der Waals surface area contributed by atoms with Gasteiger partial charge in [-0.15, -0.1) is 0 Å². The molecule has 0 unspecified atom stereocenters. The molecule has 3 aromatic rings. The van der Waals surface area contributed by atoms with E-state index in [1.165, 1.54) is 0 Å². The molecule has 1 heterocycles. The van der Waals surface area contributed by atoms with Gasteiger partial charge in [0.15, 0.2) is 0 Å². The van der Waals surface area contributed by atoms with Crippen LogP contribution < -0.4 is 0 Å². The highest BCUT2D eigenvalue weighted by Crippen LogP contribution is 2.26. The van der Waals surface area contributed by atoms with Crippen molar-refractivity contribution in [2.24, 2.45) is 0 Å². The zero-order chi connectivity index (χ0) is 15.7. The first-order valence-electron chi connectivity index (χ1n) is 6.78. The van der Waals surface area contributed by atoms with Crippen molar-refractivity contribution in [3.8, 4) is 11.3 Å².